The average Bonchev–Trinajstić information content (AvgIpc) is 2.61. The molecule has 74 valence electrons. The maximum absolute atomic E-state index is 3.54. The lowest BCUT2D eigenvalue weighted by molar-refractivity contribution is 0.141. The highest BCUT2D eigenvalue weighted by Gasteiger charge is 2.51. The maximum atomic E-state index is 3.54. The van der Waals surface area contributed by atoms with Crippen molar-refractivity contribution in [2.45, 2.75) is 44.2 Å². The van der Waals surface area contributed by atoms with Gasteiger partial charge in [-0.15, -0.1) is 0 Å². The van der Waals surface area contributed by atoms with Crippen LogP contribution in [0.3, 0.4) is 0 Å². The molecule has 3 aliphatic rings. The van der Waals surface area contributed by atoms with Crippen molar-refractivity contribution in [3.8, 4) is 0 Å². The van der Waals surface area contributed by atoms with Crippen LogP contribution in [0.5, 0.6) is 0 Å². The summed E-state index contributed by atoms with van der Waals surface area (Å²) in [6, 6.07) is 0.947. The zero-order chi connectivity index (χ0) is 8.89. The Morgan fingerprint density at radius 3 is 2.85 bits per heavy atom. The van der Waals surface area contributed by atoms with Gasteiger partial charge in [-0.3, -0.25) is 4.90 Å². The van der Waals surface area contributed by atoms with Crippen LogP contribution >= 0.6 is 0 Å². The number of rotatable bonds is 1. The van der Waals surface area contributed by atoms with Crippen molar-refractivity contribution in [3.05, 3.63) is 0 Å². The smallest absolute Gasteiger partial charge is 0.0349 e. The van der Waals surface area contributed by atoms with Gasteiger partial charge in [0.25, 0.3) is 0 Å². The quantitative estimate of drug-likeness (QED) is 0.653. The first kappa shape index (κ1) is 8.25. The lowest BCUT2D eigenvalue weighted by Gasteiger charge is -2.34. The molecule has 0 aromatic heterocycles. The Morgan fingerprint density at radius 2 is 2.23 bits per heavy atom. The van der Waals surface area contributed by atoms with Gasteiger partial charge in [0.2, 0.25) is 0 Å². The summed E-state index contributed by atoms with van der Waals surface area (Å²) < 4.78 is 0. The van der Waals surface area contributed by atoms with Crippen LogP contribution in [0.25, 0.3) is 0 Å². The number of hydrogen-bond donors (Lipinski definition) is 1. The van der Waals surface area contributed by atoms with Gasteiger partial charge < -0.3 is 5.32 Å². The molecule has 1 spiro atoms. The second-order valence-corrected chi connectivity index (χ2v) is 5.23. The standard InChI is InChI=1S/C11H20N2/c1-9-7-10(9)13-6-2-3-11(13)4-5-12-8-11/h9-10,12H,2-8H2,1H3. The van der Waals surface area contributed by atoms with Crippen LogP contribution in [0.2, 0.25) is 0 Å². The van der Waals surface area contributed by atoms with E-state index in [-0.39, 0.29) is 0 Å². The van der Waals surface area contributed by atoms with Crippen LogP contribution in [-0.2, 0) is 0 Å². The van der Waals surface area contributed by atoms with Crippen molar-refractivity contribution < 1.29 is 0 Å². The van der Waals surface area contributed by atoms with Gasteiger partial charge >= 0.3 is 0 Å². The second kappa shape index (κ2) is 2.71. The van der Waals surface area contributed by atoms with Crippen molar-refractivity contribution in [3.63, 3.8) is 0 Å². The summed E-state index contributed by atoms with van der Waals surface area (Å²) in [5.41, 5.74) is 0.593. The second-order valence-electron chi connectivity index (χ2n) is 5.23. The van der Waals surface area contributed by atoms with E-state index < -0.39 is 0 Å². The van der Waals surface area contributed by atoms with Gasteiger partial charge in [-0.25, -0.2) is 0 Å². The van der Waals surface area contributed by atoms with E-state index in [2.05, 4.69) is 17.1 Å². The fraction of sp³-hybridized carbons (Fsp3) is 1.00. The highest BCUT2D eigenvalue weighted by molar-refractivity contribution is 5.08. The molecule has 2 heterocycles. The number of hydrogen-bond acceptors (Lipinski definition) is 2. The van der Waals surface area contributed by atoms with Crippen molar-refractivity contribution in [1.29, 1.82) is 0 Å². The third kappa shape index (κ3) is 1.15. The Morgan fingerprint density at radius 1 is 1.38 bits per heavy atom. The molecule has 2 aliphatic heterocycles. The minimum Gasteiger partial charge on any atom is -0.315 e. The zero-order valence-electron chi connectivity index (χ0n) is 8.55. The molecule has 0 amide bonds. The van der Waals surface area contributed by atoms with E-state index in [1.165, 1.54) is 45.3 Å². The van der Waals surface area contributed by atoms with E-state index >= 15 is 0 Å². The van der Waals surface area contributed by atoms with Gasteiger partial charge in [0.15, 0.2) is 0 Å². The summed E-state index contributed by atoms with van der Waals surface area (Å²) in [7, 11) is 0. The molecule has 13 heavy (non-hydrogen) atoms. The van der Waals surface area contributed by atoms with E-state index in [4.69, 9.17) is 0 Å². The normalized spacial score (nSPS) is 50.5. The van der Waals surface area contributed by atoms with Crippen LogP contribution in [0.1, 0.15) is 32.6 Å². The largest absolute Gasteiger partial charge is 0.315 e. The van der Waals surface area contributed by atoms with Gasteiger partial charge in [0, 0.05) is 18.1 Å². The minimum atomic E-state index is 0.593. The summed E-state index contributed by atoms with van der Waals surface area (Å²) in [5, 5.41) is 3.54. The third-order valence-corrected chi connectivity index (χ3v) is 4.34. The summed E-state index contributed by atoms with van der Waals surface area (Å²) >= 11 is 0. The van der Waals surface area contributed by atoms with Gasteiger partial charge in [-0.1, -0.05) is 6.92 Å². The van der Waals surface area contributed by atoms with Crippen LogP contribution in [0, 0.1) is 5.92 Å². The SMILES string of the molecule is CC1CC1N1CCCC12CCNC2. The van der Waals surface area contributed by atoms with Crippen molar-refractivity contribution >= 4 is 0 Å². The molecule has 2 nitrogen and oxygen atoms in total. The Labute approximate surface area is 80.7 Å². The highest BCUT2D eigenvalue weighted by Crippen LogP contribution is 2.45. The first-order valence-electron chi connectivity index (χ1n) is 5.79. The average molecular weight is 180 g/mol. The molecule has 1 aliphatic carbocycles. The predicted molar refractivity (Wildman–Crippen MR) is 53.7 cm³/mol. The fourth-order valence-corrected chi connectivity index (χ4v) is 3.40. The van der Waals surface area contributed by atoms with Crippen LogP contribution in [-0.4, -0.2) is 36.1 Å². The summed E-state index contributed by atoms with van der Waals surface area (Å²) in [4.78, 5) is 2.83. The number of likely N-dealkylation sites (tertiary alicyclic amines) is 1. The maximum Gasteiger partial charge on any atom is 0.0349 e. The lowest BCUT2D eigenvalue weighted by Crippen LogP contribution is -2.47. The molecule has 1 saturated carbocycles. The molecule has 0 bridgehead atoms. The third-order valence-electron chi connectivity index (χ3n) is 4.34. The highest BCUT2D eigenvalue weighted by atomic mass is 15.3. The van der Waals surface area contributed by atoms with Gasteiger partial charge in [-0.2, -0.15) is 0 Å². The van der Waals surface area contributed by atoms with E-state index in [0.29, 0.717) is 5.54 Å². The summed E-state index contributed by atoms with van der Waals surface area (Å²) in [6.45, 7) is 6.28. The molecular weight excluding hydrogens is 160 g/mol. The van der Waals surface area contributed by atoms with E-state index in [1.807, 2.05) is 0 Å². The molecule has 3 rings (SSSR count). The van der Waals surface area contributed by atoms with Crippen LogP contribution in [0.15, 0.2) is 0 Å². The molecule has 3 unspecified atom stereocenters. The molecule has 2 heteroatoms. The summed E-state index contributed by atoms with van der Waals surface area (Å²) in [6.07, 6.45) is 5.74. The summed E-state index contributed by atoms with van der Waals surface area (Å²) in [5.74, 6) is 0.982. The number of nitrogens with one attached hydrogen (secondary N) is 1. The zero-order valence-corrected chi connectivity index (χ0v) is 8.55. The van der Waals surface area contributed by atoms with E-state index in [9.17, 15) is 0 Å². The van der Waals surface area contributed by atoms with E-state index in [0.717, 1.165) is 12.0 Å². The first-order valence-corrected chi connectivity index (χ1v) is 5.79. The molecule has 1 N–H and O–H groups in total. The van der Waals surface area contributed by atoms with Crippen molar-refractivity contribution in [1.82, 2.24) is 10.2 Å². The Bertz CT molecular complexity index is 203. The molecular formula is C11H20N2. The molecule has 0 aromatic rings. The Hall–Kier alpha value is -0.0800. The van der Waals surface area contributed by atoms with Crippen molar-refractivity contribution in [2.75, 3.05) is 19.6 Å². The van der Waals surface area contributed by atoms with E-state index in [1.54, 1.807) is 0 Å². The predicted octanol–water partition coefficient (Wildman–Crippen LogP) is 1.22. The minimum absolute atomic E-state index is 0.593. The monoisotopic (exact) mass is 180 g/mol. The van der Waals surface area contributed by atoms with Gasteiger partial charge in [-0.05, 0) is 44.7 Å². The van der Waals surface area contributed by atoms with Gasteiger partial charge in [0.05, 0.1) is 0 Å². The molecule has 0 radical (unpaired) electrons. The van der Waals surface area contributed by atoms with Gasteiger partial charge in [0.1, 0.15) is 0 Å². The van der Waals surface area contributed by atoms with Crippen LogP contribution in [0.4, 0.5) is 0 Å². The van der Waals surface area contributed by atoms with Crippen molar-refractivity contribution in [2.24, 2.45) is 5.92 Å². The molecule has 3 fully saturated rings. The Balaban J connectivity index is 1.78. The first-order chi connectivity index (χ1) is 6.32. The topological polar surface area (TPSA) is 15.3 Å². The Kier molecular flexibility index (Phi) is 1.72. The molecule has 0 aromatic carbocycles. The molecule has 2 saturated heterocycles. The van der Waals surface area contributed by atoms with Crippen LogP contribution < -0.4 is 5.32 Å². The molecule has 3 atom stereocenters. The number of nitrogens with zero attached hydrogens (tertiary/aromatic N) is 1. The fourth-order valence-electron chi connectivity index (χ4n) is 3.40. The lowest BCUT2D eigenvalue weighted by atomic mass is 9.95.